The Kier molecular flexibility index (Phi) is 6.75. The van der Waals surface area contributed by atoms with Crippen molar-refractivity contribution in [3.8, 4) is 0 Å². The van der Waals surface area contributed by atoms with Gasteiger partial charge in [0.2, 0.25) is 5.91 Å². The first kappa shape index (κ1) is 18.6. The Bertz CT molecular complexity index is 527. The Morgan fingerprint density at radius 1 is 1.22 bits per heavy atom. The zero-order valence-corrected chi connectivity index (χ0v) is 14.5. The number of thioether (sulfide) groups is 2. The van der Waals surface area contributed by atoms with Crippen LogP contribution in [0.1, 0.15) is 6.92 Å². The number of carbonyl (C=O) groups excluding carboxylic acids is 1. The van der Waals surface area contributed by atoms with Crippen LogP contribution in [0.5, 0.6) is 0 Å². The highest BCUT2D eigenvalue weighted by Crippen LogP contribution is 2.34. The first-order valence-electron chi connectivity index (χ1n) is 7.16. The second kappa shape index (κ2) is 8.36. The fourth-order valence-electron chi connectivity index (χ4n) is 2.36. The summed E-state index contributed by atoms with van der Waals surface area (Å²) in [7, 11) is 0. The lowest BCUT2D eigenvalue weighted by Gasteiger charge is -2.42. The van der Waals surface area contributed by atoms with Gasteiger partial charge in [0.15, 0.2) is 0 Å². The van der Waals surface area contributed by atoms with Crippen LogP contribution in [0.15, 0.2) is 34.1 Å². The van der Waals surface area contributed by atoms with E-state index in [0.717, 1.165) is 9.79 Å². The third-order valence-electron chi connectivity index (χ3n) is 3.56. The van der Waals surface area contributed by atoms with Crippen molar-refractivity contribution in [2.75, 3.05) is 12.9 Å². The Labute approximate surface area is 143 Å². The lowest BCUT2D eigenvalue weighted by molar-refractivity contribution is -0.173. The van der Waals surface area contributed by atoms with Crippen molar-refractivity contribution < 1.29 is 24.9 Å². The van der Waals surface area contributed by atoms with Crippen molar-refractivity contribution in [2.24, 2.45) is 0 Å². The van der Waals surface area contributed by atoms with Crippen molar-refractivity contribution in [1.29, 1.82) is 0 Å². The molecule has 8 heteroatoms. The van der Waals surface area contributed by atoms with Crippen LogP contribution in [0.3, 0.4) is 0 Å². The Morgan fingerprint density at radius 3 is 2.35 bits per heavy atom. The van der Waals surface area contributed by atoms with E-state index >= 15 is 0 Å². The van der Waals surface area contributed by atoms with Crippen LogP contribution in [-0.2, 0) is 9.53 Å². The van der Waals surface area contributed by atoms with Gasteiger partial charge in [-0.1, -0.05) is 11.8 Å². The molecule has 1 aliphatic heterocycles. The number of hydrogen-bond acceptors (Lipinski definition) is 7. The van der Waals surface area contributed by atoms with Gasteiger partial charge in [0, 0.05) is 16.7 Å². The molecule has 1 heterocycles. The van der Waals surface area contributed by atoms with Gasteiger partial charge in [0.1, 0.15) is 23.7 Å². The number of aliphatic hydroxyl groups is 3. The molecule has 2 rings (SSSR count). The third kappa shape index (κ3) is 4.62. The molecule has 5 atom stereocenters. The van der Waals surface area contributed by atoms with Crippen LogP contribution in [-0.4, -0.2) is 63.9 Å². The molecule has 1 aromatic carbocycles. The largest absolute Gasteiger partial charge is 0.394 e. The molecule has 23 heavy (non-hydrogen) atoms. The summed E-state index contributed by atoms with van der Waals surface area (Å²) in [5.74, 6) is -0.323. The molecular formula is C15H21NO5S2. The van der Waals surface area contributed by atoms with Gasteiger partial charge in [-0.05, 0) is 30.5 Å². The molecule has 0 spiro atoms. The fraction of sp³-hybridized carbons (Fsp3) is 0.533. The van der Waals surface area contributed by atoms with Crippen LogP contribution < -0.4 is 5.32 Å². The van der Waals surface area contributed by atoms with Gasteiger partial charge in [-0.15, -0.1) is 11.8 Å². The number of carbonyl (C=O) groups is 1. The molecule has 128 valence electrons. The maximum atomic E-state index is 11.4. The fourth-order valence-corrected chi connectivity index (χ4v) is 3.90. The second-order valence-electron chi connectivity index (χ2n) is 5.23. The van der Waals surface area contributed by atoms with E-state index in [2.05, 4.69) is 5.32 Å². The number of hydrogen-bond donors (Lipinski definition) is 4. The summed E-state index contributed by atoms with van der Waals surface area (Å²) in [4.78, 5) is 13.4. The minimum Gasteiger partial charge on any atom is -0.394 e. The minimum atomic E-state index is -1.26. The third-order valence-corrected chi connectivity index (χ3v) is 5.49. The lowest BCUT2D eigenvalue weighted by atomic mass is 9.98. The van der Waals surface area contributed by atoms with E-state index in [1.54, 1.807) is 11.8 Å². The van der Waals surface area contributed by atoms with E-state index in [0.29, 0.717) is 0 Å². The zero-order valence-electron chi connectivity index (χ0n) is 12.9. The maximum absolute atomic E-state index is 11.4. The molecule has 1 saturated heterocycles. The summed E-state index contributed by atoms with van der Waals surface area (Å²) >= 11 is 2.96. The molecule has 0 radical (unpaired) electrons. The van der Waals surface area contributed by atoms with Crippen molar-refractivity contribution in [2.45, 2.75) is 46.5 Å². The molecule has 1 aliphatic rings. The summed E-state index contributed by atoms with van der Waals surface area (Å²) < 4.78 is 5.68. The Balaban J connectivity index is 2.17. The second-order valence-corrected chi connectivity index (χ2v) is 7.28. The smallest absolute Gasteiger partial charge is 0.217 e. The first-order valence-corrected chi connectivity index (χ1v) is 9.27. The molecule has 0 aromatic heterocycles. The van der Waals surface area contributed by atoms with Gasteiger partial charge in [-0.3, -0.25) is 4.79 Å². The Hall–Kier alpha value is -0.770. The van der Waals surface area contributed by atoms with Crippen LogP contribution in [0, 0.1) is 0 Å². The monoisotopic (exact) mass is 359 g/mol. The molecule has 0 unspecified atom stereocenters. The van der Waals surface area contributed by atoms with E-state index in [4.69, 9.17) is 4.74 Å². The van der Waals surface area contributed by atoms with Crippen LogP contribution in [0.2, 0.25) is 0 Å². The van der Waals surface area contributed by atoms with Crippen molar-refractivity contribution in [3.05, 3.63) is 24.3 Å². The highest BCUT2D eigenvalue weighted by Gasteiger charge is 2.45. The molecule has 0 saturated carbocycles. The number of amides is 1. The van der Waals surface area contributed by atoms with Gasteiger partial charge in [0.25, 0.3) is 0 Å². The number of aliphatic hydroxyl groups excluding tert-OH is 3. The number of rotatable bonds is 5. The van der Waals surface area contributed by atoms with Gasteiger partial charge in [-0.2, -0.15) is 0 Å². The molecule has 4 N–H and O–H groups in total. The van der Waals surface area contributed by atoms with Crippen LogP contribution >= 0.6 is 23.5 Å². The molecule has 1 fully saturated rings. The first-order chi connectivity index (χ1) is 11.0. The summed E-state index contributed by atoms with van der Waals surface area (Å²) in [6.45, 7) is 0.930. The molecule has 1 aromatic rings. The summed E-state index contributed by atoms with van der Waals surface area (Å²) in [6.07, 6.45) is -1.37. The zero-order chi connectivity index (χ0) is 17.0. The molecular weight excluding hydrogens is 338 g/mol. The van der Waals surface area contributed by atoms with E-state index in [1.807, 2.05) is 30.5 Å². The predicted molar refractivity (Wildman–Crippen MR) is 89.4 cm³/mol. The van der Waals surface area contributed by atoms with Crippen molar-refractivity contribution >= 4 is 29.4 Å². The number of nitrogens with one attached hydrogen (secondary N) is 1. The predicted octanol–water partition coefficient (Wildman–Crippen LogP) is 0.444. The summed E-state index contributed by atoms with van der Waals surface area (Å²) in [6, 6.07) is 7.03. The average molecular weight is 359 g/mol. The summed E-state index contributed by atoms with van der Waals surface area (Å²) in [5.41, 5.74) is -0.616. The van der Waals surface area contributed by atoms with Gasteiger partial charge in [-0.25, -0.2) is 0 Å². The van der Waals surface area contributed by atoms with Crippen molar-refractivity contribution in [1.82, 2.24) is 5.32 Å². The van der Waals surface area contributed by atoms with Gasteiger partial charge in [0.05, 0.1) is 12.6 Å². The van der Waals surface area contributed by atoms with E-state index < -0.39 is 36.4 Å². The van der Waals surface area contributed by atoms with E-state index in [-0.39, 0.29) is 5.91 Å². The maximum Gasteiger partial charge on any atom is 0.217 e. The van der Waals surface area contributed by atoms with Crippen LogP contribution in [0.4, 0.5) is 0 Å². The quantitative estimate of drug-likeness (QED) is 0.566. The SMILES string of the molecule is CSc1ccc(S[C@@H]2O[C@H](CO)[C@@H](O)[C@H](O)[C@H]2NC(C)=O)cc1. The highest BCUT2D eigenvalue weighted by atomic mass is 32.2. The molecule has 1 amide bonds. The molecule has 0 bridgehead atoms. The normalized spacial score (nSPS) is 30.9. The van der Waals surface area contributed by atoms with Gasteiger partial charge < -0.3 is 25.4 Å². The van der Waals surface area contributed by atoms with Crippen molar-refractivity contribution in [3.63, 3.8) is 0 Å². The molecule has 6 nitrogen and oxygen atoms in total. The van der Waals surface area contributed by atoms with Crippen LogP contribution in [0.25, 0.3) is 0 Å². The number of benzene rings is 1. The topological polar surface area (TPSA) is 99.0 Å². The van der Waals surface area contributed by atoms with E-state index in [1.165, 1.54) is 18.7 Å². The highest BCUT2D eigenvalue weighted by molar-refractivity contribution is 8.00. The van der Waals surface area contributed by atoms with Gasteiger partial charge >= 0.3 is 0 Å². The summed E-state index contributed by atoms with van der Waals surface area (Å²) in [5, 5.41) is 32.1. The molecule has 0 aliphatic carbocycles. The number of ether oxygens (including phenoxy) is 1. The lowest BCUT2D eigenvalue weighted by Crippen LogP contribution is -2.63. The minimum absolute atomic E-state index is 0.323. The average Bonchev–Trinajstić information content (AvgIpc) is 2.54. The standard InChI is InChI=1S/C15H21NO5S2/c1-8(18)16-12-14(20)13(19)11(7-17)21-15(12)23-10-5-3-9(22-2)4-6-10/h3-6,11-15,17,19-20H,7H2,1-2H3,(H,16,18)/t11-,12-,13-,14-,15+/m1/s1. The Morgan fingerprint density at radius 2 is 1.83 bits per heavy atom. The van der Waals surface area contributed by atoms with E-state index in [9.17, 15) is 20.1 Å².